The molecule has 3 heterocycles. The Hall–Kier alpha value is -3.56. The molecular weight excluding hydrogens is 376 g/mol. The fraction of sp³-hybridized carbons (Fsp3) is 0.111. The van der Waals surface area contributed by atoms with Crippen molar-refractivity contribution < 1.29 is 17.6 Å². The largest absolute Gasteiger partial charge is 0.369 e. The number of anilines is 1. The number of hydrogen-bond acceptors (Lipinski definition) is 5. The van der Waals surface area contributed by atoms with Gasteiger partial charge in [-0.3, -0.25) is 4.98 Å². The van der Waals surface area contributed by atoms with Crippen LogP contribution in [0.3, 0.4) is 0 Å². The van der Waals surface area contributed by atoms with Gasteiger partial charge in [-0.2, -0.15) is 0 Å². The Labute approximate surface area is 155 Å². The number of rotatable bonds is 3. The number of hydrogen-bond donors (Lipinski definition) is 1. The molecule has 0 aliphatic carbocycles. The molecule has 6 nitrogen and oxygen atoms in total. The van der Waals surface area contributed by atoms with Crippen LogP contribution in [0.4, 0.5) is 23.5 Å². The average molecular weight is 388 g/mol. The molecule has 0 fully saturated rings. The van der Waals surface area contributed by atoms with Crippen molar-refractivity contribution >= 4 is 11.6 Å². The number of nitrogens with zero attached hydrogens (tertiary/aromatic N) is 5. The molecule has 10 heteroatoms. The molecule has 28 heavy (non-hydrogen) atoms. The zero-order valence-corrected chi connectivity index (χ0v) is 14.4. The molecule has 1 aromatic carbocycles. The van der Waals surface area contributed by atoms with Crippen molar-refractivity contribution in [1.29, 1.82) is 0 Å². The Kier molecular flexibility index (Phi) is 4.17. The van der Waals surface area contributed by atoms with Gasteiger partial charge in [0.25, 0.3) is 6.43 Å². The number of aromatic nitrogens is 5. The molecule has 0 aliphatic rings. The standard InChI is InChI=1S/C18H12F4N6/c1-8-4-9(5-14(24-8)16(21)22)17-27-26-15-7-13(25-18(23)28(15)17)11-3-2-10(19)6-12(11)20/h2-7,16H,1H3,(H2,23,25). The third-order valence-corrected chi connectivity index (χ3v) is 4.08. The molecule has 0 aliphatic heterocycles. The van der Waals surface area contributed by atoms with Gasteiger partial charge in [-0.1, -0.05) is 0 Å². The normalized spacial score (nSPS) is 11.5. The van der Waals surface area contributed by atoms with Crippen LogP contribution in [0.2, 0.25) is 0 Å². The molecule has 142 valence electrons. The van der Waals surface area contributed by atoms with E-state index in [2.05, 4.69) is 20.2 Å². The van der Waals surface area contributed by atoms with E-state index in [0.717, 1.165) is 12.1 Å². The van der Waals surface area contributed by atoms with Crippen molar-refractivity contribution in [3.05, 3.63) is 59.4 Å². The van der Waals surface area contributed by atoms with Gasteiger partial charge < -0.3 is 5.73 Å². The Morgan fingerprint density at radius 2 is 1.79 bits per heavy atom. The highest BCUT2D eigenvalue weighted by Crippen LogP contribution is 2.28. The lowest BCUT2D eigenvalue weighted by Gasteiger charge is -2.08. The van der Waals surface area contributed by atoms with E-state index in [9.17, 15) is 17.6 Å². The van der Waals surface area contributed by atoms with Crippen LogP contribution in [0.5, 0.6) is 0 Å². The molecule has 0 spiro atoms. The number of aryl methyl sites for hydroxylation is 1. The minimum atomic E-state index is -2.75. The van der Waals surface area contributed by atoms with Gasteiger partial charge in [0, 0.05) is 29.0 Å². The molecule has 0 unspecified atom stereocenters. The maximum Gasteiger partial charge on any atom is 0.280 e. The molecule has 0 radical (unpaired) electrons. The number of halogens is 4. The van der Waals surface area contributed by atoms with Crippen molar-refractivity contribution in [2.24, 2.45) is 0 Å². The van der Waals surface area contributed by atoms with E-state index in [-0.39, 0.29) is 28.7 Å². The summed E-state index contributed by atoms with van der Waals surface area (Å²) in [6.07, 6.45) is -2.75. The fourth-order valence-corrected chi connectivity index (χ4v) is 2.90. The molecule has 3 aromatic heterocycles. The second kappa shape index (κ2) is 6.55. The second-order valence-corrected chi connectivity index (χ2v) is 6.06. The lowest BCUT2D eigenvalue weighted by Crippen LogP contribution is -2.04. The highest BCUT2D eigenvalue weighted by atomic mass is 19.3. The molecule has 2 N–H and O–H groups in total. The van der Waals surface area contributed by atoms with Crippen LogP contribution >= 0.6 is 0 Å². The van der Waals surface area contributed by atoms with Crippen molar-refractivity contribution in [2.75, 3.05) is 5.73 Å². The number of benzene rings is 1. The minimum Gasteiger partial charge on any atom is -0.369 e. The number of pyridine rings is 1. The number of nitrogens with two attached hydrogens (primary N) is 1. The predicted molar refractivity (Wildman–Crippen MR) is 93.5 cm³/mol. The van der Waals surface area contributed by atoms with Crippen molar-refractivity contribution in [1.82, 2.24) is 24.6 Å². The van der Waals surface area contributed by atoms with Gasteiger partial charge >= 0.3 is 0 Å². The van der Waals surface area contributed by atoms with Gasteiger partial charge in [-0.05, 0) is 31.2 Å². The van der Waals surface area contributed by atoms with E-state index in [1.807, 2.05) is 0 Å². The van der Waals surface area contributed by atoms with Gasteiger partial charge in [0.2, 0.25) is 5.95 Å². The molecule has 4 rings (SSSR count). The molecule has 4 aromatic rings. The molecular formula is C18H12F4N6. The lowest BCUT2D eigenvalue weighted by atomic mass is 10.1. The van der Waals surface area contributed by atoms with Crippen LogP contribution in [-0.2, 0) is 0 Å². The van der Waals surface area contributed by atoms with E-state index < -0.39 is 23.8 Å². The Morgan fingerprint density at radius 1 is 1.00 bits per heavy atom. The smallest absolute Gasteiger partial charge is 0.280 e. The van der Waals surface area contributed by atoms with Crippen LogP contribution in [-0.4, -0.2) is 24.6 Å². The summed E-state index contributed by atoms with van der Waals surface area (Å²) in [5, 5.41) is 7.99. The SMILES string of the molecule is Cc1cc(-c2nnc3cc(-c4ccc(F)cc4F)nc(N)n23)cc(C(F)F)n1. The van der Waals surface area contributed by atoms with Crippen LogP contribution < -0.4 is 5.73 Å². The maximum absolute atomic E-state index is 14.1. The van der Waals surface area contributed by atoms with E-state index in [0.29, 0.717) is 11.3 Å². The molecule has 0 atom stereocenters. The first-order chi connectivity index (χ1) is 13.3. The van der Waals surface area contributed by atoms with Crippen LogP contribution in [0.1, 0.15) is 17.8 Å². The van der Waals surface area contributed by atoms with Crippen molar-refractivity contribution in [3.8, 4) is 22.6 Å². The summed E-state index contributed by atoms with van der Waals surface area (Å²) in [6.45, 7) is 1.58. The van der Waals surface area contributed by atoms with E-state index in [1.165, 1.54) is 22.6 Å². The topological polar surface area (TPSA) is 82.0 Å². The van der Waals surface area contributed by atoms with E-state index >= 15 is 0 Å². The fourth-order valence-electron chi connectivity index (χ4n) is 2.90. The zero-order valence-electron chi connectivity index (χ0n) is 14.4. The first-order valence-corrected chi connectivity index (χ1v) is 8.07. The summed E-state index contributed by atoms with van der Waals surface area (Å²) < 4.78 is 54.7. The highest BCUT2D eigenvalue weighted by Gasteiger charge is 2.18. The summed E-state index contributed by atoms with van der Waals surface area (Å²) in [7, 11) is 0. The lowest BCUT2D eigenvalue weighted by molar-refractivity contribution is 0.146. The van der Waals surface area contributed by atoms with Crippen LogP contribution in [0, 0.1) is 18.6 Å². The summed E-state index contributed by atoms with van der Waals surface area (Å²) in [6, 6.07) is 7.25. The Morgan fingerprint density at radius 3 is 2.50 bits per heavy atom. The first-order valence-electron chi connectivity index (χ1n) is 8.07. The minimum absolute atomic E-state index is 0.0416. The third-order valence-electron chi connectivity index (χ3n) is 4.08. The van der Waals surface area contributed by atoms with Crippen LogP contribution in [0.25, 0.3) is 28.3 Å². The van der Waals surface area contributed by atoms with Gasteiger partial charge in [-0.15, -0.1) is 10.2 Å². The average Bonchev–Trinajstić information content (AvgIpc) is 3.05. The van der Waals surface area contributed by atoms with Crippen LogP contribution in [0.15, 0.2) is 36.4 Å². The molecule has 0 amide bonds. The summed E-state index contributed by atoms with van der Waals surface area (Å²) in [5.74, 6) is -1.41. The Balaban J connectivity index is 1.88. The van der Waals surface area contributed by atoms with Gasteiger partial charge in [0.15, 0.2) is 11.5 Å². The number of nitrogen functional groups attached to an aromatic ring is 1. The highest BCUT2D eigenvalue weighted by molar-refractivity contribution is 5.69. The van der Waals surface area contributed by atoms with Gasteiger partial charge in [0.1, 0.15) is 17.3 Å². The Bertz CT molecular complexity index is 1200. The van der Waals surface area contributed by atoms with Crippen molar-refractivity contribution in [2.45, 2.75) is 13.3 Å². The molecule has 0 saturated carbocycles. The third kappa shape index (κ3) is 3.02. The summed E-state index contributed by atoms with van der Waals surface area (Å²) in [4.78, 5) is 7.92. The van der Waals surface area contributed by atoms with E-state index in [4.69, 9.17) is 5.73 Å². The zero-order chi connectivity index (χ0) is 20.0. The quantitative estimate of drug-likeness (QED) is 0.537. The predicted octanol–water partition coefficient (Wildman–Crippen LogP) is 3.96. The molecule has 0 bridgehead atoms. The summed E-state index contributed by atoms with van der Waals surface area (Å²) >= 11 is 0. The number of fused-ring (bicyclic) bond motifs is 1. The number of alkyl halides is 2. The first kappa shape index (κ1) is 17.8. The summed E-state index contributed by atoms with van der Waals surface area (Å²) in [5.41, 5.74) is 6.73. The van der Waals surface area contributed by atoms with E-state index in [1.54, 1.807) is 13.0 Å². The van der Waals surface area contributed by atoms with Gasteiger partial charge in [0.05, 0.1) is 5.69 Å². The molecule has 0 saturated heterocycles. The van der Waals surface area contributed by atoms with Crippen molar-refractivity contribution in [3.63, 3.8) is 0 Å². The monoisotopic (exact) mass is 388 g/mol. The van der Waals surface area contributed by atoms with Gasteiger partial charge in [-0.25, -0.2) is 26.9 Å². The maximum atomic E-state index is 14.1. The second-order valence-electron chi connectivity index (χ2n) is 6.06.